The van der Waals surface area contributed by atoms with Crippen LogP contribution < -0.4 is 5.32 Å². The Kier molecular flexibility index (Phi) is 4.85. The molecule has 2 fully saturated rings. The van der Waals surface area contributed by atoms with Gasteiger partial charge in [0, 0.05) is 24.7 Å². The van der Waals surface area contributed by atoms with E-state index in [9.17, 15) is 4.79 Å². The van der Waals surface area contributed by atoms with Gasteiger partial charge in [-0.15, -0.1) is 0 Å². The number of hydrogen-bond acceptors (Lipinski definition) is 4. The topological polar surface area (TPSA) is 41.6 Å². The zero-order valence-corrected chi connectivity index (χ0v) is 12.7. The lowest BCUT2D eigenvalue weighted by molar-refractivity contribution is -0.149. The third-order valence-electron chi connectivity index (χ3n) is 3.99. The monoisotopic (exact) mass is 268 g/mol. The number of carbonyl (C=O) groups excluding carboxylic acids is 1. The van der Waals surface area contributed by atoms with Gasteiger partial charge in [0.1, 0.15) is 6.04 Å². The molecule has 2 aliphatic rings. The largest absolute Gasteiger partial charge is 0.462 e. The Morgan fingerprint density at radius 1 is 1.21 bits per heavy atom. The molecule has 0 radical (unpaired) electrons. The van der Waals surface area contributed by atoms with E-state index in [0.717, 1.165) is 25.4 Å². The highest BCUT2D eigenvalue weighted by Gasteiger charge is 2.36. The summed E-state index contributed by atoms with van der Waals surface area (Å²) in [5.74, 6) is -0.0833. The molecule has 0 aromatic carbocycles. The van der Waals surface area contributed by atoms with E-state index in [1.54, 1.807) is 0 Å². The lowest BCUT2D eigenvalue weighted by Crippen LogP contribution is -2.45. The Balaban J connectivity index is 1.79. The summed E-state index contributed by atoms with van der Waals surface area (Å²) in [7, 11) is 0. The molecule has 0 spiro atoms. The van der Waals surface area contributed by atoms with Crippen molar-refractivity contribution in [2.75, 3.05) is 6.54 Å². The van der Waals surface area contributed by atoms with E-state index in [-0.39, 0.29) is 18.1 Å². The van der Waals surface area contributed by atoms with Crippen LogP contribution in [0.15, 0.2) is 0 Å². The zero-order valence-electron chi connectivity index (χ0n) is 12.7. The Morgan fingerprint density at radius 2 is 1.89 bits per heavy atom. The van der Waals surface area contributed by atoms with Gasteiger partial charge in [0.25, 0.3) is 0 Å². The quantitative estimate of drug-likeness (QED) is 0.747. The molecule has 1 aliphatic carbocycles. The minimum Gasteiger partial charge on any atom is -0.462 e. The molecule has 1 heterocycles. The van der Waals surface area contributed by atoms with Crippen molar-refractivity contribution < 1.29 is 9.53 Å². The first kappa shape index (κ1) is 14.8. The molecule has 0 aromatic heterocycles. The van der Waals surface area contributed by atoms with Crippen molar-refractivity contribution in [1.29, 1.82) is 0 Å². The third-order valence-corrected chi connectivity index (χ3v) is 3.99. The predicted molar refractivity (Wildman–Crippen MR) is 76.0 cm³/mol. The summed E-state index contributed by atoms with van der Waals surface area (Å²) >= 11 is 0. The van der Waals surface area contributed by atoms with Crippen molar-refractivity contribution in [2.45, 2.75) is 83.6 Å². The van der Waals surface area contributed by atoms with Crippen LogP contribution in [0, 0.1) is 0 Å². The fourth-order valence-electron chi connectivity index (χ4n) is 2.91. The molecule has 1 saturated carbocycles. The van der Waals surface area contributed by atoms with E-state index >= 15 is 0 Å². The highest BCUT2D eigenvalue weighted by Crippen LogP contribution is 2.29. The van der Waals surface area contributed by atoms with Crippen molar-refractivity contribution in [3.63, 3.8) is 0 Å². The average Bonchev–Trinajstić information content (AvgIpc) is 3.03. The number of ether oxygens (including phenoxy) is 1. The van der Waals surface area contributed by atoms with Crippen LogP contribution in [0.2, 0.25) is 0 Å². The van der Waals surface area contributed by atoms with E-state index in [0.29, 0.717) is 12.1 Å². The summed E-state index contributed by atoms with van der Waals surface area (Å²) in [6, 6.07) is 1.72. The molecule has 1 saturated heterocycles. The standard InChI is InChI=1S/C15H28N2O2/c1-10(2)17(13-6-7-13)9-12-5-8-14(16-12)15(18)19-11(3)4/h10-14,16H,5-9H2,1-4H3. The molecule has 2 rings (SSSR count). The van der Waals surface area contributed by atoms with Crippen LogP contribution in [0.4, 0.5) is 0 Å². The second-order valence-electron chi connectivity index (χ2n) is 6.50. The highest BCUT2D eigenvalue weighted by molar-refractivity contribution is 5.76. The van der Waals surface area contributed by atoms with Gasteiger partial charge in [-0.25, -0.2) is 0 Å². The van der Waals surface area contributed by atoms with Gasteiger partial charge in [-0.3, -0.25) is 9.69 Å². The van der Waals surface area contributed by atoms with Gasteiger partial charge in [-0.2, -0.15) is 0 Å². The molecular weight excluding hydrogens is 240 g/mol. The van der Waals surface area contributed by atoms with Crippen LogP contribution in [-0.4, -0.2) is 47.7 Å². The van der Waals surface area contributed by atoms with E-state index in [4.69, 9.17) is 4.74 Å². The van der Waals surface area contributed by atoms with Crippen LogP contribution in [0.5, 0.6) is 0 Å². The molecule has 0 aromatic rings. The second kappa shape index (κ2) is 6.23. The van der Waals surface area contributed by atoms with Crippen molar-refractivity contribution in [3.8, 4) is 0 Å². The summed E-state index contributed by atoms with van der Waals surface area (Å²) in [6.07, 6.45) is 4.64. The van der Waals surface area contributed by atoms with E-state index in [2.05, 4.69) is 24.1 Å². The third kappa shape index (κ3) is 4.18. The molecule has 2 unspecified atom stereocenters. The Labute approximate surface area is 116 Å². The molecule has 19 heavy (non-hydrogen) atoms. The number of rotatable bonds is 6. The highest BCUT2D eigenvalue weighted by atomic mass is 16.5. The smallest absolute Gasteiger partial charge is 0.323 e. The minimum absolute atomic E-state index is 0.0213. The first-order valence-electron chi connectivity index (χ1n) is 7.69. The summed E-state index contributed by atoms with van der Waals surface area (Å²) in [4.78, 5) is 14.4. The SMILES string of the molecule is CC(C)OC(=O)C1CCC(CN(C(C)C)C2CC2)N1. The normalized spacial score (nSPS) is 27.5. The summed E-state index contributed by atoms with van der Waals surface area (Å²) in [5, 5.41) is 3.45. The van der Waals surface area contributed by atoms with Crippen molar-refractivity contribution in [1.82, 2.24) is 10.2 Å². The van der Waals surface area contributed by atoms with Gasteiger partial charge in [-0.05, 0) is 53.4 Å². The van der Waals surface area contributed by atoms with Crippen LogP contribution in [0.1, 0.15) is 53.4 Å². The maximum Gasteiger partial charge on any atom is 0.323 e. The van der Waals surface area contributed by atoms with Crippen LogP contribution in [0.3, 0.4) is 0 Å². The van der Waals surface area contributed by atoms with Crippen molar-refractivity contribution in [2.24, 2.45) is 0 Å². The Morgan fingerprint density at radius 3 is 2.42 bits per heavy atom. The first-order valence-corrected chi connectivity index (χ1v) is 7.69. The molecule has 0 amide bonds. The number of esters is 1. The molecule has 4 heteroatoms. The van der Waals surface area contributed by atoms with Gasteiger partial charge in [-0.1, -0.05) is 0 Å². The maximum absolute atomic E-state index is 11.9. The fourth-order valence-corrected chi connectivity index (χ4v) is 2.91. The fraction of sp³-hybridized carbons (Fsp3) is 0.933. The maximum atomic E-state index is 11.9. The molecule has 110 valence electrons. The molecule has 4 nitrogen and oxygen atoms in total. The Hall–Kier alpha value is -0.610. The second-order valence-corrected chi connectivity index (χ2v) is 6.50. The number of carbonyl (C=O) groups is 1. The van der Waals surface area contributed by atoms with Crippen LogP contribution in [-0.2, 0) is 9.53 Å². The number of nitrogens with one attached hydrogen (secondary N) is 1. The summed E-state index contributed by atoms with van der Waals surface area (Å²) in [5.41, 5.74) is 0. The van der Waals surface area contributed by atoms with Gasteiger partial charge in [0.2, 0.25) is 0 Å². The molecule has 2 atom stereocenters. The van der Waals surface area contributed by atoms with E-state index in [1.807, 2.05) is 13.8 Å². The van der Waals surface area contributed by atoms with E-state index in [1.165, 1.54) is 12.8 Å². The lowest BCUT2D eigenvalue weighted by atomic mass is 10.1. The Bertz CT molecular complexity index is 311. The number of hydrogen-bond donors (Lipinski definition) is 1. The van der Waals surface area contributed by atoms with Crippen molar-refractivity contribution in [3.05, 3.63) is 0 Å². The molecular formula is C15H28N2O2. The minimum atomic E-state index is -0.0967. The van der Waals surface area contributed by atoms with Crippen LogP contribution in [0.25, 0.3) is 0 Å². The van der Waals surface area contributed by atoms with Gasteiger partial charge in [0.05, 0.1) is 6.10 Å². The van der Waals surface area contributed by atoms with Crippen molar-refractivity contribution >= 4 is 5.97 Å². The summed E-state index contributed by atoms with van der Waals surface area (Å²) < 4.78 is 5.28. The first-order chi connectivity index (χ1) is 8.97. The van der Waals surface area contributed by atoms with Gasteiger partial charge >= 0.3 is 5.97 Å². The summed E-state index contributed by atoms with van der Waals surface area (Å²) in [6.45, 7) is 9.39. The van der Waals surface area contributed by atoms with E-state index < -0.39 is 0 Å². The van der Waals surface area contributed by atoms with Gasteiger partial charge < -0.3 is 10.1 Å². The zero-order chi connectivity index (χ0) is 14.0. The lowest BCUT2D eigenvalue weighted by Gasteiger charge is -2.29. The molecule has 1 aliphatic heterocycles. The van der Waals surface area contributed by atoms with Gasteiger partial charge in [0.15, 0.2) is 0 Å². The predicted octanol–water partition coefficient (Wildman–Crippen LogP) is 1.93. The van der Waals surface area contributed by atoms with Crippen LogP contribution >= 0.6 is 0 Å². The average molecular weight is 268 g/mol. The molecule has 1 N–H and O–H groups in total. The molecule has 0 bridgehead atoms. The number of nitrogens with zero attached hydrogens (tertiary/aromatic N) is 1.